The van der Waals surface area contributed by atoms with Gasteiger partial charge in [-0.25, -0.2) is 4.99 Å². The Kier molecular flexibility index (Phi) is 8.85. The minimum absolute atomic E-state index is 0.0615. The standard InChI is InChI=1S/C17H28N4O4/c1-2-18-17(19-7-4-9-25-15-6-10-23-13-15)21-12-16(22)20-11-14-5-3-8-24-14/h3,5,8,15H,2,4,6-7,9-13H2,1H3,(H,20,22)(H2,18,19,21). The molecule has 2 heterocycles. The number of aliphatic imine (C=N–C) groups is 1. The molecule has 0 spiro atoms. The van der Waals surface area contributed by atoms with Crippen LogP contribution in [-0.4, -0.2) is 57.4 Å². The molecule has 0 radical (unpaired) electrons. The van der Waals surface area contributed by atoms with Crippen molar-refractivity contribution in [2.45, 2.75) is 32.4 Å². The van der Waals surface area contributed by atoms with Crippen LogP contribution in [-0.2, 0) is 20.8 Å². The zero-order valence-corrected chi connectivity index (χ0v) is 14.8. The Morgan fingerprint density at radius 3 is 3.04 bits per heavy atom. The van der Waals surface area contributed by atoms with Crippen LogP contribution in [0.25, 0.3) is 0 Å². The molecule has 1 saturated heterocycles. The summed E-state index contributed by atoms with van der Waals surface area (Å²) >= 11 is 0. The molecule has 1 unspecified atom stereocenters. The second-order valence-corrected chi connectivity index (χ2v) is 5.69. The van der Waals surface area contributed by atoms with Crippen molar-refractivity contribution in [3.05, 3.63) is 24.2 Å². The van der Waals surface area contributed by atoms with E-state index in [9.17, 15) is 4.79 Å². The Morgan fingerprint density at radius 1 is 1.40 bits per heavy atom. The number of carbonyl (C=O) groups is 1. The van der Waals surface area contributed by atoms with Crippen molar-refractivity contribution in [3.8, 4) is 0 Å². The van der Waals surface area contributed by atoms with E-state index in [-0.39, 0.29) is 18.6 Å². The van der Waals surface area contributed by atoms with Gasteiger partial charge in [0.1, 0.15) is 12.3 Å². The summed E-state index contributed by atoms with van der Waals surface area (Å²) < 4.78 is 16.1. The lowest BCUT2D eigenvalue weighted by Crippen LogP contribution is -2.39. The van der Waals surface area contributed by atoms with Gasteiger partial charge in [0.2, 0.25) is 5.91 Å². The van der Waals surface area contributed by atoms with Gasteiger partial charge in [0, 0.05) is 26.3 Å². The van der Waals surface area contributed by atoms with E-state index >= 15 is 0 Å². The Bertz CT molecular complexity index is 513. The van der Waals surface area contributed by atoms with Gasteiger partial charge in [-0.15, -0.1) is 0 Å². The Labute approximate surface area is 148 Å². The molecule has 8 heteroatoms. The molecule has 1 atom stereocenters. The van der Waals surface area contributed by atoms with Crippen LogP contribution < -0.4 is 16.0 Å². The number of guanidine groups is 1. The van der Waals surface area contributed by atoms with Crippen LogP contribution in [0.5, 0.6) is 0 Å². The van der Waals surface area contributed by atoms with E-state index in [0.29, 0.717) is 25.7 Å². The summed E-state index contributed by atoms with van der Waals surface area (Å²) in [5, 5.41) is 9.08. The van der Waals surface area contributed by atoms with Crippen LogP contribution in [0.2, 0.25) is 0 Å². The lowest BCUT2D eigenvalue weighted by Gasteiger charge is -2.12. The van der Waals surface area contributed by atoms with Gasteiger partial charge in [0.15, 0.2) is 5.96 Å². The predicted octanol–water partition coefficient (Wildman–Crippen LogP) is 0.647. The number of rotatable bonds is 10. The van der Waals surface area contributed by atoms with Crippen LogP contribution in [0.1, 0.15) is 25.5 Å². The van der Waals surface area contributed by atoms with Crippen molar-refractivity contribution in [1.29, 1.82) is 0 Å². The van der Waals surface area contributed by atoms with Gasteiger partial charge in [0.25, 0.3) is 0 Å². The normalized spacial score (nSPS) is 17.5. The maximum atomic E-state index is 11.8. The molecule has 3 N–H and O–H groups in total. The van der Waals surface area contributed by atoms with Crippen molar-refractivity contribution in [3.63, 3.8) is 0 Å². The first kappa shape index (κ1) is 19.3. The number of hydrogen-bond donors (Lipinski definition) is 3. The number of carbonyl (C=O) groups excluding carboxylic acids is 1. The number of nitrogens with one attached hydrogen (secondary N) is 3. The van der Waals surface area contributed by atoms with E-state index in [1.807, 2.05) is 13.0 Å². The molecule has 25 heavy (non-hydrogen) atoms. The SMILES string of the molecule is CCNC(=NCC(=O)NCc1ccco1)NCCCOC1CCOC1. The van der Waals surface area contributed by atoms with Crippen molar-refractivity contribution in [2.75, 3.05) is 39.5 Å². The van der Waals surface area contributed by atoms with E-state index in [0.717, 1.165) is 38.3 Å². The molecule has 0 saturated carbocycles. The summed E-state index contributed by atoms with van der Waals surface area (Å²) in [6.45, 7) is 6.05. The molecule has 1 aliphatic heterocycles. The number of ether oxygens (including phenoxy) is 2. The van der Waals surface area contributed by atoms with Gasteiger partial charge in [0.05, 0.1) is 25.5 Å². The molecule has 1 aromatic rings. The van der Waals surface area contributed by atoms with E-state index in [2.05, 4.69) is 20.9 Å². The predicted molar refractivity (Wildman–Crippen MR) is 94.3 cm³/mol. The highest BCUT2D eigenvalue weighted by Crippen LogP contribution is 2.07. The number of nitrogens with zero attached hydrogens (tertiary/aromatic N) is 1. The van der Waals surface area contributed by atoms with Gasteiger partial charge in [-0.1, -0.05) is 0 Å². The van der Waals surface area contributed by atoms with Gasteiger partial charge in [-0.2, -0.15) is 0 Å². The second-order valence-electron chi connectivity index (χ2n) is 5.69. The molecule has 1 aromatic heterocycles. The van der Waals surface area contributed by atoms with E-state index in [1.165, 1.54) is 0 Å². The highest BCUT2D eigenvalue weighted by atomic mass is 16.5. The molecule has 1 aliphatic rings. The monoisotopic (exact) mass is 352 g/mol. The first-order chi connectivity index (χ1) is 12.3. The zero-order valence-electron chi connectivity index (χ0n) is 14.8. The van der Waals surface area contributed by atoms with Crippen molar-refractivity contribution in [2.24, 2.45) is 4.99 Å². The summed E-state index contributed by atoms with van der Waals surface area (Å²) in [6.07, 6.45) is 3.66. The van der Waals surface area contributed by atoms with Gasteiger partial charge in [-0.05, 0) is 31.9 Å². The fraction of sp³-hybridized carbons (Fsp3) is 0.647. The molecule has 140 valence electrons. The number of furan rings is 1. The third-order valence-electron chi connectivity index (χ3n) is 3.62. The van der Waals surface area contributed by atoms with Crippen LogP contribution in [0.4, 0.5) is 0 Å². The van der Waals surface area contributed by atoms with Crippen molar-refractivity contribution < 1.29 is 18.7 Å². The van der Waals surface area contributed by atoms with Gasteiger partial charge in [-0.3, -0.25) is 4.79 Å². The zero-order chi connectivity index (χ0) is 17.7. The topological polar surface area (TPSA) is 97.1 Å². The Morgan fingerprint density at radius 2 is 2.32 bits per heavy atom. The smallest absolute Gasteiger partial charge is 0.242 e. The fourth-order valence-corrected chi connectivity index (χ4v) is 2.32. The van der Waals surface area contributed by atoms with Crippen LogP contribution in [0.3, 0.4) is 0 Å². The molecule has 1 amide bonds. The summed E-state index contributed by atoms with van der Waals surface area (Å²) in [5.41, 5.74) is 0. The van der Waals surface area contributed by atoms with Gasteiger partial charge >= 0.3 is 0 Å². The maximum absolute atomic E-state index is 11.8. The third-order valence-corrected chi connectivity index (χ3v) is 3.62. The van der Waals surface area contributed by atoms with Crippen LogP contribution >= 0.6 is 0 Å². The molecular formula is C17H28N4O4. The minimum atomic E-state index is -0.154. The Hall–Kier alpha value is -2.06. The molecule has 0 aliphatic carbocycles. The molecule has 0 bridgehead atoms. The molecule has 2 rings (SSSR count). The molecule has 0 aromatic carbocycles. The lowest BCUT2D eigenvalue weighted by molar-refractivity contribution is -0.119. The first-order valence-electron chi connectivity index (χ1n) is 8.78. The minimum Gasteiger partial charge on any atom is -0.467 e. The first-order valence-corrected chi connectivity index (χ1v) is 8.78. The number of amides is 1. The third kappa shape index (κ3) is 8.04. The largest absolute Gasteiger partial charge is 0.467 e. The van der Waals surface area contributed by atoms with Crippen LogP contribution in [0.15, 0.2) is 27.8 Å². The summed E-state index contributed by atoms with van der Waals surface area (Å²) in [5.74, 6) is 1.19. The van der Waals surface area contributed by atoms with Crippen LogP contribution in [0, 0.1) is 0 Å². The lowest BCUT2D eigenvalue weighted by atomic mass is 10.3. The molecule has 1 fully saturated rings. The van der Waals surface area contributed by atoms with E-state index in [1.54, 1.807) is 12.3 Å². The Balaban J connectivity index is 1.60. The van der Waals surface area contributed by atoms with E-state index in [4.69, 9.17) is 13.9 Å². The average Bonchev–Trinajstić information content (AvgIpc) is 3.31. The molecule has 8 nitrogen and oxygen atoms in total. The highest BCUT2D eigenvalue weighted by molar-refractivity contribution is 5.84. The maximum Gasteiger partial charge on any atom is 0.242 e. The number of hydrogen-bond acceptors (Lipinski definition) is 5. The highest BCUT2D eigenvalue weighted by Gasteiger charge is 2.15. The van der Waals surface area contributed by atoms with Crippen molar-refractivity contribution in [1.82, 2.24) is 16.0 Å². The summed E-state index contributed by atoms with van der Waals surface area (Å²) in [7, 11) is 0. The average molecular weight is 352 g/mol. The second kappa shape index (κ2) is 11.5. The summed E-state index contributed by atoms with van der Waals surface area (Å²) in [6, 6.07) is 3.60. The molecular weight excluding hydrogens is 324 g/mol. The van der Waals surface area contributed by atoms with Crippen molar-refractivity contribution >= 4 is 11.9 Å². The quantitative estimate of drug-likeness (QED) is 0.325. The van der Waals surface area contributed by atoms with E-state index < -0.39 is 0 Å². The fourth-order valence-electron chi connectivity index (χ4n) is 2.32. The summed E-state index contributed by atoms with van der Waals surface area (Å²) in [4.78, 5) is 16.1. The van der Waals surface area contributed by atoms with Gasteiger partial charge < -0.3 is 29.8 Å².